The monoisotopic (exact) mass is 494 g/mol. The molecule has 0 radical (unpaired) electrons. The lowest BCUT2D eigenvalue weighted by Gasteiger charge is -2.33. The summed E-state index contributed by atoms with van der Waals surface area (Å²) in [5.74, 6) is 0.625. The molecule has 35 heavy (non-hydrogen) atoms. The van der Waals surface area contributed by atoms with Gasteiger partial charge in [0.15, 0.2) is 16.7 Å². The van der Waals surface area contributed by atoms with E-state index >= 15 is 0 Å². The Labute approximate surface area is 210 Å². The number of esters is 1. The van der Waals surface area contributed by atoms with Gasteiger partial charge < -0.3 is 14.2 Å². The molecule has 1 saturated heterocycles. The van der Waals surface area contributed by atoms with Crippen molar-refractivity contribution < 1.29 is 23.8 Å². The minimum atomic E-state index is -0.669. The lowest BCUT2D eigenvalue weighted by Crippen LogP contribution is -2.40. The molecule has 0 unspecified atom stereocenters. The maximum atomic E-state index is 13.4. The molecular formula is C27H30N2O5S. The minimum Gasteiger partial charge on any atom is -0.490 e. The van der Waals surface area contributed by atoms with Crippen LogP contribution in [0.3, 0.4) is 0 Å². The number of amidine groups is 1. The van der Waals surface area contributed by atoms with Crippen LogP contribution in [-0.4, -0.2) is 40.4 Å². The lowest BCUT2D eigenvalue weighted by molar-refractivity contribution is -0.141. The molecular weight excluding hydrogens is 464 g/mol. The molecule has 0 bridgehead atoms. The van der Waals surface area contributed by atoms with Crippen LogP contribution in [0.25, 0.3) is 0 Å². The van der Waals surface area contributed by atoms with E-state index in [0.717, 1.165) is 11.1 Å². The molecule has 2 aromatic carbocycles. The molecule has 2 heterocycles. The number of hydrogen-bond donors (Lipinski definition) is 0. The van der Waals surface area contributed by atoms with Gasteiger partial charge in [0.2, 0.25) is 5.91 Å². The van der Waals surface area contributed by atoms with Crippen LogP contribution in [0.15, 0.2) is 64.8 Å². The van der Waals surface area contributed by atoms with Crippen molar-refractivity contribution in [1.29, 1.82) is 0 Å². The van der Waals surface area contributed by atoms with Crippen molar-refractivity contribution in [1.82, 2.24) is 4.90 Å². The van der Waals surface area contributed by atoms with Gasteiger partial charge in [0.1, 0.15) is 6.61 Å². The molecule has 0 spiro atoms. The van der Waals surface area contributed by atoms with Crippen molar-refractivity contribution >= 4 is 28.8 Å². The van der Waals surface area contributed by atoms with Gasteiger partial charge >= 0.3 is 5.97 Å². The van der Waals surface area contributed by atoms with Crippen LogP contribution in [0.5, 0.6) is 11.5 Å². The quantitative estimate of drug-likeness (QED) is 0.442. The zero-order valence-electron chi connectivity index (χ0n) is 20.4. The fourth-order valence-corrected chi connectivity index (χ4v) is 5.34. The van der Waals surface area contributed by atoms with Crippen LogP contribution in [0.1, 0.15) is 51.3 Å². The van der Waals surface area contributed by atoms with Gasteiger partial charge in [-0.1, -0.05) is 55.1 Å². The number of fused-ring (bicyclic) bond motifs is 1. The molecule has 1 fully saturated rings. The number of carbonyl (C=O) groups excluding carboxylic acids is 2. The van der Waals surface area contributed by atoms with Crippen LogP contribution in [0, 0.1) is 0 Å². The van der Waals surface area contributed by atoms with Gasteiger partial charge in [-0.25, -0.2) is 9.79 Å². The summed E-state index contributed by atoms with van der Waals surface area (Å²) in [6.07, 6.45) is 0.673. The average molecular weight is 495 g/mol. The van der Waals surface area contributed by atoms with E-state index in [1.165, 1.54) is 11.8 Å². The van der Waals surface area contributed by atoms with E-state index in [1.54, 1.807) is 11.8 Å². The highest BCUT2D eigenvalue weighted by Crippen LogP contribution is 2.45. The molecule has 2 aromatic rings. The first-order valence-corrected chi connectivity index (χ1v) is 12.8. The summed E-state index contributed by atoms with van der Waals surface area (Å²) >= 11 is 1.44. The fraction of sp³-hybridized carbons (Fsp3) is 0.370. The van der Waals surface area contributed by atoms with Crippen molar-refractivity contribution in [2.45, 2.75) is 52.0 Å². The molecule has 0 aromatic heterocycles. The zero-order chi connectivity index (χ0) is 24.9. The Morgan fingerprint density at radius 1 is 1.03 bits per heavy atom. The average Bonchev–Trinajstić information content (AvgIpc) is 3.18. The molecule has 1 amide bonds. The van der Waals surface area contributed by atoms with Gasteiger partial charge in [-0.3, -0.25) is 9.69 Å². The molecule has 4 rings (SSSR count). The largest absolute Gasteiger partial charge is 0.490 e. The van der Waals surface area contributed by atoms with Gasteiger partial charge in [-0.05, 0) is 50.5 Å². The Balaban J connectivity index is 1.75. The summed E-state index contributed by atoms with van der Waals surface area (Å²) in [5.41, 5.74) is 2.51. The summed E-state index contributed by atoms with van der Waals surface area (Å²) in [6, 6.07) is 14.4. The number of thioether (sulfide) groups is 1. The second-order valence-corrected chi connectivity index (χ2v) is 9.32. The number of aliphatic imine (C=N–C) groups is 1. The van der Waals surface area contributed by atoms with E-state index in [-0.39, 0.29) is 17.8 Å². The minimum absolute atomic E-state index is 0.0612. The van der Waals surface area contributed by atoms with Crippen LogP contribution in [0.2, 0.25) is 0 Å². The van der Waals surface area contributed by atoms with Crippen molar-refractivity contribution in [3.8, 4) is 11.5 Å². The number of ether oxygens (including phenoxy) is 3. The smallest absolute Gasteiger partial charge is 0.338 e. The Bertz CT molecular complexity index is 1160. The lowest BCUT2D eigenvalue weighted by atomic mass is 9.93. The van der Waals surface area contributed by atoms with Crippen molar-refractivity contribution in [3.63, 3.8) is 0 Å². The summed E-state index contributed by atoms with van der Waals surface area (Å²) < 4.78 is 17.3. The second kappa shape index (κ2) is 11.0. The maximum Gasteiger partial charge on any atom is 0.338 e. The molecule has 2 aliphatic heterocycles. The van der Waals surface area contributed by atoms with Crippen molar-refractivity contribution in [2.24, 2.45) is 4.99 Å². The predicted molar refractivity (Wildman–Crippen MR) is 136 cm³/mol. The Morgan fingerprint density at radius 3 is 2.43 bits per heavy atom. The molecule has 0 N–H and O–H groups in total. The zero-order valence-corrected chi connectivity index (χ0v) is 21.3. The predicted octanol–water partition coefficient (Wildman–Crippen LogP) is 5.27. The highest BCUT2D eigenvalue weighted by atomic mass is 32.2. The van der Waals surface area contributed by atoms with Crippen LogP contribution in [-0.2, 0) is 20.9 Å². The van der Waals surface area contributed by atoms with Gasteiger partial charge in [0.25, 0.3) is 0 Å². The third-order valence-electron chi connectivity index (χ3n) is 5.84. The number of allylic oxidation sites excluding steroid dienone is 1. The van der Waals surface area contributed by atoms with Crippen LogP contribution in [0.4, 0.5) is 0 Å². The highest BCUT2D eigenvalue weighted by Gasteiger charge is 2.47. The van der Waals surface area contributed by atoms with E-state index in [1.807, 2.05) is 69.3 Å². The molecule has 2 aliphatic rings. The number of hydrogen-bond acceptors (Lipinski definition) is 7. The van der Waals surface area contributed by atoms with Gasteiger partial charge in [-0.15, -0.1) is 0 Å². The molecule has 0 aliphatic carbocycles. The number of carbonyl (C=O) groups is 2. The van der Waals surface area contributed by atoms with Crippen molar-refractivity contribution in [3.05, 3.63) is 70.9 Å². The topological polar surface area (TPSA) is 77.4 Å². The molecule has 184 valence electrons. The first-order chi connectivity index (χ1) is 17.0. The molecule has 8 heteroatoms. The summed E-state index contributed by atoms with van der Waals surface area (Å²) in [6.45, 7) is 8.66. The Morgan fingerprint density at radius 2 is 1.74 bits per heavy atom. The third kappa shape index (κ3) is 5.07. The normalized spacial score (nSPS) is 19.4. The van der Waals surface area contributed by atoms with E-state index < -0.39 is 12.0 Å². The molecule has 7 nitrogen and oxygen atoms in total. The van der Waals surface area contributed by atoms with E-state index in [9.17, 15) is 9.59 Å². The van der Waals surface area contributed by atoms with Crippen molar-refractivity contribution in [2.75, 3.05) is 13.2 Å². The molecule has 0 saturated carbocycles. The van der Waals surface area contributed by atoms with Crippen LogP contribution >= 0.6 is 11.8 Å². The van der Waals surface area contributed by atoms with Crippen LogP contribution < -0.4 is 9.47 Å². The first kappa shape index (κ1) is 24.9. The van der Waals surface area contributed by atoms with E-state index in [4.69, 9.17) is 14.2 Å². The maximum absolute atomic E-state index is 13.4. The van der Waals surface area contributed by atoms with Gasteiger partial charge in [0, 0.05) is 0 Å². The summed E-state index contributed by atoms with van der Waals surface area (Å²) in [4.78, 5) is 33.1. The Kier molecular flexibility index (Phi) is 7.80. The number of nitrogens with zero attached hydrogens (tertiary/aromatic N) is 2. The van der Waals surface area contributed by atoms with E-state index in [0.29, 0.717) is 47.6 Å². The third-order valence-corrected chi connectivity index (χ3v) is 7.16. The number of rotatable bonds is 9. The first-order valence-electron chi connectivity index (χ1n) is 11.9. The van der Waals surface area contributed by atoms with Gasteiger partial charge in [-0.2, -0.15) is 0 Å². The second-order valence-electron chi connectivity index (χ2n) is 8.15. The summed E-state index contributed by atoms with van der Waals surface area (Å²) in [7, 11) is 0. The summed E-state index contributed by atoms with van der Waals surface area (Å²) in [5, 5.41) is 0.369. The Hall–Kier alpha value is -3.26. The van der Waals surface area contributed by atoms with Gasteiger partial charge in [0.05, 0.1) is 35.8 Å². The SMILES string of the molecule is CCOc1ccc([C@H]2C(C(=O)OCc3ccccc3)=C(C)N=C3S[C@H](CC)C(=O)N32)cc1OCC. The molecule has 2 atom stereocenters. The van der Waals surface area contributed by atoms with E-state index in [2.05, 4.69) is 4.99 Å². The standard InChI is InChI=1S/C27H30N2O5S/c1-5-22-25(30)29-24(19-13-14-20(32-6-2)21(15-19)33-7-3)23(17(4)28-27(29)35-22)26(31)34-16-18-11-9-8-10-12-18/h8-15,22,24H,5-7,16H2,1-4H3/t22-,24+/m1/s1. The number of benzene rings is 2. The fourth-order valence-electron chi connectivity index (χ4n) is 4.20. The highest BCUT2D eigenvalue weighted by molar-refractivity contribution is 8.15. The number of amides is 1.